The van der Waals surface area contributed by atoms with Gasteiger partial charge in [0, 0.05) is 6.08 Å². The molecule has 2 aromatic rings. The van der Waals surface area contributed by atoms with Gasteiger partial charge in [0.2, 0.25) is 0 Å². The van der Waals surface area contributed by atoms with Crippen LogP contribution in [0.5, 0.6) is 11.5 Å². The lowest BCUT2D eigenvalue weighted by Gasteiger charge is -2.15. The van der Waals surface area contributed by atoms with Crippen LogP contribution >= 0.6 is 0 Å². The van der Waals surface area contributed by atoms with Crippen molar-refractivity contribution in [3.63, 3.8) is 0 Å². The molecule has 6 nitrogen and oxygen atoms in total. The maximum atomic E-state index is 12.2. The van der Waals surface area contributed by atoms with Crippen LogP contribution in [-0.4, -0.2) is 35.0 Å². The van der Waals surface area contributed by atoms with Gasteiger partial charge in [-0.2, -0.15) is 0 Å². The molecule has 0 spiro atoms. The zero-order chi connectivity index (χ0) is 17.8. The van der Waals surface area contributed by atoms with Crippen LogP contribution in [0.3, 0.4) is 0 Å². The summed E-state index contributed by atoms with van der Waals surface area (Å²) in [5, 5.41) is 11.9. The molecule has 0 aromatic heterocycles. The monoisotopic (exact) mass is 338 g/mol. The average molecular weight is 338 g/mol. The third-order valence-electron chi connectivity index (χ3n) is 3.71. The van der Waals surface area contributed by atoms with Crippen molar-refractivity contribution in [3.8, 4) is 11.5 Å². The normalized spacial score (nSPS) is 13.8. The fraction of sp³-hybridized carbons (Fsp3) is 0.158. The second-order valence-electron chi connectivity index (χ2n) is 5.62. The Labute approximate surface area is 145 Å². The molecule has 0 unspecified atom stereocenters. The molecule has 0 radical (unpaired) electrons. The van der Waals surface area contributed by atoms with Crippen molar-refractivity contribution in [2.24, 2.45) is 0 Å². The molecule has 3 rings (SSSR count). The van der Waals surface area contributed by atoms with Gasteiger partial charge in [0.05, 0.1) is 18.8 Å². The van der Waals surface area contributed by atoms with Gasteiger partial charge in [-0.05, 0) is 36.8 Å². The summed E-state index contributed by atoms with van der Waals surface area (Å²) < 4.78 is 5.90. The van der Waals surface area contributed by atoms with Crippen molar-refractivity contribution in [2.45, 2.75) is 6.92 Å². The van der Waals surface area contributed by atoms with Gasteiger partial charge in [-0.3, -0.25) is 14.5 Å². The smallest absolute Gasteiger partial charge is 0.277 e. The number of aliphatic hydroxyl groups is 1. The molecule has 6 heteroatoms. The molecule has 2 aromatic carbocycles. The summed E-state index contributed by atoms with van der Waals surface area (Å²) >= 11 is 0. The van der Waals surface area contributed by atoms with Crippen molar-refractivity contribution >= 4 is 17.5 Å². The van der Waals surface area contributed by atoms with Crippen molar-refractivity contribution in [1.82, 2.24) is 4.90 Å². The van der Waals surface area contributed by atoms with E-state index >= 15 is 0 Å². The number of β-amino-alcohol motifs (C(OH)–C–C–N with tert-alkyl or cyclic N) is 1. The molecule has 0 fully saturated rings. The van der Waals surface area contributed by atoms with Crippen molar-refractivity contribution in [1.29, 1.82) is 0 Å². The predicted molar refractivity (Wildman–Crippen MR) is 93.2 cm³/mol. The fourth-order valence-corrected chi connectivity index (χ4v) is 2.52. The van der Waals surface area contributed by atoms with Crippen LogP contribution in [0, 0.1) is 6.92 Å². The lowest BCUT2D eigenvalue weighted by Crippen LogP contribution is -2.34. The molecule has 0 saturated heterocycles. The second-order valence-corrected chi connectivity index (χ2v) is 5.62. The second kappa shape index (κ2) is 7.19. The molecule has 128 valence electrons. The van der Waals surface area contributed by atoms with Gasteiger partial charge in [-0.1, -0.05) is 24.3 Å². The highest BCUT2D eigenvalue weighted by atomic mass is 16.5. The van der Waals surface area contributed by atoms with Gasteiger partial charge in [-0.25, -0.2) is 0 Å². The zero-order valence-electron chi connectivity index (χ0n) is 13.7. The molecular weight excluding hydrogens is 320 g/mol. The molecule has 1 heterocycles. The fourth-order valence-electron chi connectivity index (χ4n) is 2.52. The summed E-state index contributed by atoms with van der Waals surface area (Å²) in [6.45, 7) is 1.67. The number of anilines is 1. The molecule has 2 N–H and O–H groups in total. The van der Waals surface area contributed by atoms with Crippen LogP contribution in [0.25, 0.3) is 0 Å². The number of para-hydroxylation sites is 2. The number of aliphatic hydroxyl groups excluding tert-OH is 1. The summed E-state index contributed by atoms with van der Waals surface area (Å²) in [7, 11) is 0. The van der Waals surface area contributed by atoms with Crippen LogP contribution in [0.15, 0.2) is 60.3 Å². The van der Waals surface area contributed by atoms with Gasteiger partial charge in [0.15, 0.2) is 5.75 Å². The van der Waals surface area contributed by atoms with E-state index in [0.717, 1.165) is 10.5 Å². The lowest BCUT2D eigenvalue weighted by molar-refractivity contribution is -0.137. The summed E-state index contributed by atoms with van der Waals surface area (Å²) in [4.78, 5) is 25.1. The molecular formula is C19H18N2O4. The molecule has 25 heavy (non-hydrogen) atoms. The van der Waals surface area contributed by atoms with E-state index in [9.17, 15) is 9.59 Å². The van der Waals surface area contributed by atoms with Crippen LogP contribution in [0.1, 0.15) is 5.56 Å². The molecule has 2 amide bonds. The van der Waals surface area contributed by atoms with Crippen LogP contribution in [0.4, 0.5) is 5.69 Å². The first-order chi connectivity index (χ1) is 12.1. The van der Waals surface area contributed by atoms with Crippen LogP contribution in [0.2, 0.25) is 0 Å². The van der Waals surface area contributed by atoms with E-state index in [1.54, 1.807) is 18.2 Å². The summed E-state index contributed by atoms with van der Waals surface area (Å²) in [5.41, 5.74) is 1.79. The standard InChI is InChI=1S/C19H18N2O4/c1-13-5-4-6-14(11-13)25-17-8-3-2-7-15(17)20-16-12-18(23)21(9-10-22)19(16)24/h2-8,11-12,20,22H,9-10H2,1H3. The summed E-state index contributed by atoms with van der Waals surface area (Å²) in [5.74, 6) is 0.303. The number of carbonyl (C=O) groups is 2. The Balaban J connectivity index is 1.81. The number of carbonyl (C=O) groups excluding carboxylic acids is 2. The van der Waals surface area contributed by atoms with Crippen LogP contribution in [-0.2, 0) is 9.59 Å². The number of imide groups is 1. The Morgan fingerprint density at radius 2 is 1.92 bits per heavy atom. The minimum absolute atomic E-state index is 0.0270. The topological polar surface area (TPSA) is 78.9 Å². The first kappa shape index (κ1) is 16.7. The van der Waals surface area contributed by atoms with E-state index in [1.807, 2.05) is 37.3 Å². The molecule has 0 atom stereocenters. The molecule has 0 saturated carbocycles. The number of aryl methyl sites for hydroxylation is 1. The third-order valence-corrected chi connectivity index (χ3v) is 3.71. The zero-order valence-corrected chi connectivity index (χ0v) is 13.7. The summed E-state index contributed by atoms with van der Waals surface area (Å²) in [6.07, 6.45) is 1.22. The Hall–Kier alpha value is -3.12. The molecule has 0 bridgehead atoms. The minimum atomic E-state index is -0.468. The first-order valence-corrected chi connectivity index (χ1v) is 7.87. The Morgan fingerprint density at radius 1 is 1.12 bits per heavy atom. The third kappa shape index (κ3) is 3.70. The highest BCUT2D eigenvalue weighted by molar-refractivity contribution is 6.17. The van der Waals surface area contributed by atoms with Gasteiger partial charge >= 0.3 is 0 Å². The number of ether oxygens (including phenoxy) is 1. The lowest BCUT2D eigenvalue weighted by atomic mass is 10.2. The van der Waals surface area contributed by atoms with Crippen LogP contribution < -0.4 is 10.1 Å². The number of hydrogen-bond donors (Lipinski definition) is 2. The van der Waals surface area contributed by atoms with Crippen molar-refractivity contribution in [2.75, 3.05) is 18.5 Å². The number of benzene rings is 2. The maximum Gasteiger partial charge on any atom is 0.277 e. The number of nitrogens with one attached hydrogen (secondary N) is 1. The summed E-state index contributed by atoms with van der Waals surface area (Å²) in [6, 6.07) is 14.8. The Kier molecular flexibility index (Phi) is 4.81. The molecule has 0 aliphatic carbocycles. The number of nitrogens with zero attached hydrogens (tertiary/aromatic N) is 1. The highest BCUT2D eigenvalue weighted by Crippen LogP contribution is 2.31. The Bertz CT molecular complexity index is 845. The maximum absolute atomic E-state index is 12.2. The van der Waals surface area contributed by atoms with E-state index in [-0.39, 0.29) is 18.8 Å². The molecule has 1 aliphatic rings. The van der Waals surface area contributed by atoms with Gasteiger partial charge in [0.25, 0.3) is 11.8 Å². The van der Waals surface area contributed by atoms with E-state index in [1.165, 1.54) is 6.08 Å². The highest BCUT2D eigenvalue weighted by Gasteiger charge is 2.30. The quantitative estimate of drug-likeness (QED) is 0.791. The SMILES string of the molecule is Cc1cccc(Oc2ccccc2NC2=CC(=O)N(CCO)C2=O)c1. The van der Waals surface area contributed by atoms with E-state index < -0.39 is 11.8 Å². The predicted octanol–water partition coefficient (Wildman–Crippen LogP) is 2.44. The minimum Gasteiger partial charge on any atom is -0.455 e. The molecule has 1 aliphatic heterocycles. The first-order valence-electron chi connectivity index (χ1n) is 7.87. The van der Waals surface area contributed by atoms with Gasteiger partial charge in [0.1, 0.15) is 11.4 Å². The van der Waals surface area contributed by atoms with Gasteiger partial charge < -0.3 is 15.2 Å². The van der Waals surface area contributed by atoms with E-state index in [2.05, 4.69) is 5.32 Å². The van der Waals surface area contributed by atoms with E-state index in [4.69, 9.17) is 9.84 Å². The largest absolute Gasteiger partial charge is 0.455 e. The van der Waals surface area contributed by atoms with Crippen molar-refractivity contribution < 1.29 is 19.4 Å². The van der Waals surface area contributed by atoms with E-state index in [0.29, 0.717) is 17.2 Å². The average Bonchev–Trinajstić information content (AvgIpc) is 2.85. The van der Waals surface area contributed by atoms with Crippen molar-refractivity contribution in [3.05, 3.63) is 65.9 Å². The van der Waals surface area contributed by atoms with Gasteiger partial charge in [-0.15, -0.1) is 0 Å². The Morgan fingerprint density at radius 3 is 2.68 bits per heavy atom. The number of amides is 2. The number of rotatable bonds is 6. The number of hydrogen-bond acceptors (Lipinski definition) is 5.